The molecule has 1 heterocycles. The molecule has 0 spiro atoms. The Bertz CT molecular complexity index is 686. The number of halogens is 1. The number of rotatable bonds is 5. The van der Waals surface area contributed by atoms with Crippen LogP contribution in [0.1, 0.15) is 17.3 Å². The van der Waals surface area contributed by atoms with E-state index in [-0.39, 0.29) is 5.91 Å². The molecule has 1 N–H and O–H groups in total. The number of nitrogens with one attached hydrogen (secondary N) is 1. The van der Waals surface area contributed by atoms with Crippen molar-refractivity contribution in [2.24, 2.45) is 0 Å². The fraction of sp³-hybridized carbons (Fsp3) is 0.188. The van der Waals surface area contributed by atoms with Gasteiger partial charge in [-0.2, -0.15) is 0 Å². The summed E-state index contributed by atoms with van der Waals surface area (Å²) in [6.07, 6.45) is 0.699. The third kappa shape index (κ3) is 4.69. The molecule has 0 saturated carbocycles. The topological polar surface area (TPSA) is 77.5 Å². The van der Waals surface area contributed by atoms with Crippen molar-refractivity contribution < 1.29 is 19.1 Å². The van der Waals surface area contributed by atoms with Crippen LogP contribution in [0.25, 0.3) is 0 Å². The normalized spacial score (nSPS) is 11.4. The van der Waals surface area contributed by atoms with Gasteiger partial charge in [-0.1, -0.05) is 11.6 Å². The molecule has 2 rings (SSSR count). The van der Waals surface area contributed by atoms with Crippen molar-refractivity contribution in [2.75, 3.05) is 12.4 Å². The van der Waals surface area contributed by atoms with Crippen molar-refractivity contribution in [3.05, 3.63) is 53.2 Å². The van der Waals surface area contributed by atoms with E-state index in [4.69, 9.17) is 16.3 Å². The predicted octanol–water partition coefficient (Wildman–Crippen LogP) is 2.93. The molecule has 120 valence electrons. The van der Waals surface area contributed by atoms with Gasteiger partial charge in [0.25, 0.3) is 5.91 Å². The van der Waals surface area contributed by atoms with E-state index in [1.807, 2.05) is 0 Å². The Morgan fingerprint density at radius 3 is 2.43 bits per heavy atom. The molecule has 1 aromatic carbocycles. The number of carbonyl (C=O) groups is 2. The quantitative estimate of drug-likeness (QED) is 0.851. The average Bonchev–Trinajstić information content (AvgIpc) is 2.56. The van der Waals surface area contributed by atoms with E-state index in [1.54, 1.807) is 43.3 Å². The smallest absolute Gasteiger partial charge is 0.337 e. The number of hydrogen-bond donors (Lipinski definition) is 1. The van der Waals surface area contributed by atoms with Crippen molar-refractivity contribution in [1.82, 2.24) is 4.98 Å². The summed E-state index contributed by atoms with van der Waals surface area (Å²) < 4.78 is 10.1. The van der Waals surface area contributed by atoms with Crippen LogP contribution in [-0.2, 0) is 9.53 Å². The number of benzene rings is 1. The number of nitrogens with zero attached hydrogens (tertiary/aromatic N) is 1. The zero-order chi connectivity index (χ0) is 16.8. The fourth-order valence-electron chi connectivity index (χ4n) is 1.72. The Hall–Kier alpha value is -2.60. The van der Waals surface area contributed by atoms with E-state index in [0.29, 0.717) is 22.2 Å². The lowest BCUT2D eigenvalue weighted by Gasteiger charge is -2.14. The van der Waals surface area contributed by atoms with Gasteiger partial charge in [0.1, 0.15) is 11.6 Å². The standard InChI is InChI=1S/C16H15ClN2O4/c1-10(15(20)19-14-8-5-12(17)9-18-14)23-13-6-3-11(4-7-13)16(21)22-2/h3-10H,1-2H3,(H,18,19,20). The molecule has 0 saturated heterocycles. The molecule has 1 atom stereocenters. The number of methoxy groups -OCH3 is 1. The molecule has 1 amide bonds. The highest BCUT2D eigenvalue weighted by atomic mass is 35.5. The summed E-state index contributed by atoms with van der Waals surface area (Å²) in [5.74, 6) is 0.0632. The van der Waals surface area contributed by atoms with Crippen LogP contribution in [0, 0.1) is 0 Å². The van der Waals surface area contributed by atoms with Crippen LogP contribution in [0.15, 0.2) is 42.6 Å². The number of aromatic nitrogens is 1. The summed E-state index contributed by atoms with van der Waals surface area (Å²) in [7, 11) is 1.31. The van der Waals surface area contributed by atoms with Crippen LogP contribution in [0.2, 0.25) is 5.02 Å². The summed E-state index contributed by atoms with van der Waals surface area (Å²) in [5.41, 5.74) is 0.405. The molecule has 0 aliphatic carbocycles. The SMILES string of the molecule is COC(=O)c1ccc(OC(C)C(=O)Nc2ccc(Cl)cn2)cc1. The van der Waals surface area contributed by atoms with Crippen molar-refractivity contribution in [3.63, 3.8) is 0 Å². The highest BCUT2D eigenvalue weighted by Crippen LogP contribution is 2.15. The molecular weight excluding hydrogens is 320 g/mol. The Balaban J connectivity index is 1.95. The van der Waals surface area contributed by atoms with Crippen LogP contribution >= 0.6 is 11.6 Å². The minimum absolute atomic E-state index is 0.350. The van der Waals surface area contributed by atoms with Crippen molar-refractivity contribution in [3.8, 4) is 5.75 Å². The number of anilines is 1. The van der Waals surface area contributed by atoms with Gasteiger partial charge in [-0.25, -0.2) is 9.78 Å². The van der Waals surface area contributed by atoms with Crippen LogP contribution < -0.4 is 10.1 Å². The van der Waals surface area contributed by atoms with Gasteiger partial charge in [-0.15, -0.1) is 0 Å². The molecule has 0 fully saturated rings. The van der Waals surface area contributed by atoms with E-state index in [1.165, 1.54) is 13.3 Å². The molecule has 7 heteroatoms. The first kappa shape index (κ1) is 16.8. The second-order valence-electron chi connectivity index (χ2n) is 4.63. The Labute approximate surface area is 138 Å². The van der Waals surface area contributed by atoms with E-state index in [2.05, 4.69) is 15.0 Å². The largest absolute Gasteiger partial charge is 0.481 e. The lowest BCUT2D eigenvalue weighted by atomic mass is 10.2. The number of carbonyl (C=O) groups excluding carboxylic acids is 2. The predicted molar refractivity (Wildman–Crippen MR) is 85.7 cm³/mol. The van der Waals surface area contributed by atoms with Gasteiger partial charge in [0.15, 0.2) is 6.10 Å². The van der Waals surface area contributed by atoms with E-state index in [9.17, 15) is 9.59 Å². The van der Waals surface area contributed by atoms with E-state index < -0.39 is 12.1 Å². The number of hydrogen-bond acceptors (Lipinski definition) is 5. The summed E-state index contributed by atoms with van der Waals surface area (Å²) in [4.78, 5) is 27.4. The maximum absolute atomic E-state index is 12.0. The molecular formula is C16H15ClN2O4. The molecule has 0 radical (unpaired) electrons. The molecule has 1 unspecified atom stereocenters. The molecule has 6 nitrogen and oxygen atoms in total. The maximum atomic E-state index is 12.0. The number of pyridine rings is 1. The third-order valence-corrected chi connectivity index (χ3v) is 3.16. The lowest BCUT2D eigenvalue weighted by molar-refractivity contribution is -0.122. The molecule has 23 heavy (non-hydrogen) atoms. The van der Waals surface area contributed by atoms with E-state index in [0.717, 1.165) is 0 Å². The van der Waals surface area contributed by atoms with E-state index >= 15 is 0 Å². The van der Waals surface area contributed by atoms with Crippen LogP contribution in [-0.4, -0.2) is 30.1 Å². The van der Waals surface area contributed by atoms with Gasteiger partial charge in [-0.05, 0) is 43.3 Å². The molecule has 0 aliphatic heterocycles. The van der Waals surface area contributed by atoms with Crippen LogP contribution in [0.5, 0.6) is 5.75 Å². The molecule has 1 aromatic heterocycles. The van der Waals surface area contributed by atoms with Gasteiger partial charge in [-0.3, -0.25) is 4.79 Å². The second-order valence-corrected chi connectivity index (χ2v) is 5.06. The number of esters is 1. The molecule has 2 aromatic rings. The fourth-order valence-corrected chi connectivity index (χ4v) is 1.83. The summed E-state index contributed by atoms with van der Waals surface area (Å²) in [6, 6.07) is 9.53. The van der Waals surface area contributed by atoms with Crippen LogP contribution in [0.4, 0.5) is 5.82 Å². The highest BCUT2D eigenvalue weighted by molar-refractivity contribution is 6.30. The minimum Gasteiger partial charge on any atom is -0.481 e. The zero-order valence-electron chi connectivity index (χ0n) is 12.6. The van der Waals surface area contributed by atoms with Crippen LogP contribution in [0.3, 0.4) is 0 Å². The first-order chi connectivity index (χ1) is 11.0. The maximum Gasteiger partial charge on any atom is 0.337 e. The monoisotopic (exact) mass is 334 g/mol. The van der Waals surface area contributed by atoms with Crippen molar-refractivity contribution >= 4 is 29.3 Å². The van der Waals surface area contributed by atoms with Gasteiger partial charge in [0.05, 0.1) is 17.7 Å². The van der Waals surface area contributed by atoms with Gasteiger partial charge < -0.3 is 14.8 Å². The molecule has 0 aliphatic rings. The lowest BCUT2D eigenvalue weighted by Crippen LogP contribution is -2.30. The highest BCUT2D eigenvalue weighted by Gasteiger charge is 2.15. The zero-order valence-corrected chi connectivity index (χ0v) is 13.3. The summed E-state index contributed by atoms with van der Waals surface area (Å²) >= 11 is 5.73. The number of amides is 1. The first-order valence-electron chi connectivity index (χ1n) is 6.77. The Morgan fingerprint density at radius 1 is 1.17 bits per heavy atom. The van der Waals surface area contributed by atoms with Crippen molar-refractivity contribution in [2.45, 2.75) is 13.0 Å². The summed E-state index contributed by atoms with van der Waals surface area (Å²) in [5, 5.41) is 3.10. The average molecular weight is 335 g/mol. The first-order valence-corrected chi connectivity index (χ1v) is 7.15. The Kier molecular flexibility index (Phi) is 5.54. The summed E-state index contributed by atoms with van der Waals surface area (Å²) in [6.45, 7) is 1.61. The molecule has 0 bridgehead atoms. The van der Waals surface area contributed by atoms with Gasteiger partial charge in [0, 0.05) is 6.20 Å². The third-order valence-electron chi connectivity index (χ3n) is 2.94. The minimum atomic E-state index is -0.739. The van der Waals surface area contributed by atoms with Crippen molar-refractivity contribution in [1.29, 1.82) is 0 Å². The Morgan fingerprint density at radius 2 is 1.87 bits per heavy atom. The number of ether oxygens (including phenoxy) is 2. The van der Waals surface area contributed by atoms with Gasteiger partial charge >= 0.3 is 5.97 Å². The second kappa shape index (κ2) is 7.60. The van der Waals surface area contributed by atoms with Gasteiger partial charge in [0.2, 0.25) is 0 Å².